The predicted molar refractivity (Wildman–Crippen MR) is 197 cm³/mol. The summed E-state index contributed by atoms with van der Waals surface area (Å²) in [4.78, 5) is 7.39. The molecular weight excluding hydrogens is 569 g/mol. The number of aliphatic imine (C=N–C) groups is 1. The largest absolute Gasteiger partial charge is 0.311 e. The summed E-state index contributed by atoms with van der Waals surface area (Å²) >= 11 is 0. The maximum Gasteiger partial charge on any atom is 0.0669 e. The molecule has 47 heavy (non-hydrogen) atoms. The van der Waals surface area contributed by atoms with Crippen LogP contribution in [0.5, 0.6) is 0 Å². The second-order valence-corrected chi connectivity index (χ2v) is 12.3. The molecule has 7 aromatic rings. The maximum atomic E-state index is 5.06. The summed E-state index contributed by atoms with van der Waals surface area (Å²) in [5.74, 6) is 0. The van der Waals surface area contributed by atoms with Gasteiger partial charge in [-0.3, -0.25) is 4.99 Å². The van der Waals surface area contributed by atoms with Crippen LogP contribution in [-0.2, 0) is 12.8 Å². The molecule has 7 aromatic carbocycles. The van der Waals surface area contributed by atoms with Crippen LogP contribution >= 0.6 is 0 Å². The highest BCUT2D eigenvalue weighted by molar-refractivity contribution is 6.12. The van der Waals surface area contributed by atoms with Gasteiger partial charge in [-0.2, -0.15) is 0 Å². The Kier molecular flexibility index (Phi) is 6.64. The molecule has 0 saturated heterocycles. The van der Waals surface area contributed by atoms with Crippen LogP contribution in [0, 0.1) is 0 Å². The minimum atomic E-state index is 0.885. The van der Waals surface area contributed by atoms with E-state index in [1.807, 2.05) is 0 Å². The fraction of sp³-hybridized carbons (Fsp3) is 0.0444. The number of rotatable bonds is 6. The fourth-order valence-electron chi connectivity index (χ4n) is 7.32. The molecule has 0 amide bonds. The molecule has 0 spiro atoms. The van der Waals surface area contributed by atoms with E-state index in [1.54, 1.807) is 0 Å². The van der Waals surface area contributed by atoms with Crippen LogP contribution in [0.4, 0.5) is 22.7 Å². The molecule has 1 aliphatic heterocycles. The molecule has 0 bridgehead atoms. The molecule has 0 radical (unpaired) electrons. The summed E-state index contributed by atoms with van der Waals surface area (Å²) in [5, 5.41) is 0. The molecule has 0 saturated carbocycles. The molecule has 1 heterocycles. The van der Waals surface area contributed by atoms with Crippen molar-refractivity contribution in [3.63, 3.8) is 0 Å². The smallest absolute Gasteiger partial charge is 0.0669 e. The number of fused-ring (bicyclic) bond motifs is 4. The quantitative estimate of drug-likeness (QED) is 0.185. The first-order valence-corrected chi connectivity index (χ1v) is 16.3. The van der Waals surface area contributed by atoms with Crippen molar-refractivity contribution in [1.29, 1.82) is 0 Å². The zero-order valence-corrected chi connectivity index (χ0v) is 26.0. The number of benzene rings is 7. The van der Waals surface area contributed by atoms with Crippen LogP contribution < -0.4 is 4.90 Å². The molecule has 2 aliphatic rings. The zero-order valence-electron chi connectivity index (χ0n) is 26.0. The van der Waals surface area contributed by atoms with E-state index in [2.05, 4.69) is 175 Å². The van der Waals surface area contributed by atoms with Crippen molar-refractivity contribution >= 4 is 28.5 Å². The van der Waals surface area contributed by atoms with Crippen LogP contribution in [0.25, 0.3) is 33.4 Å². The molecule has 0 N–H and O–H groups in total. The molecule has 1 aliphatic carbocycles. The first-order chi connectivity index (χ1) is 23.3. The van der Waals surface area contributed by atoms with Crippen molar-refractivity contribution in [2.75, 3.05) is 4.90 Å². The first kappa shape index (κ1) is 27.3. The van der Waals surface area contributed by atoms with Crippen LogP contribution in [0.15, 0.2) is 175 Å². The van der Waals surface area contributed by atoms with E-state index in [4.69, 9.17) is 4.99 Å². The standard InChI is InChI=1S/C45H32N2/c1-3-11-31(12-4-1)32-21-25-37(26-22-32)47(36-15-5-2-6-16-36)38-27-23-33(24-28-38)39-17-10-18-40-42(39)29-35-14-9-19-41(45(35)40)44-30-34-13-7-8-20-43(34)46-44/h1-28H,29-30H2. The lowest BCUT2D eigenvalue weighted by Crippen LogP contribution is -2.09. The van der Waals surface area contributed by atoms with Crippen LogP contribution in [0.2, 0.25) is 0 Å². The van der Waals surface area contributed by atoms with Crippen LogP contribution in [0.1, 0.15) is 22.3 Å². The van der Waals surface area contributed by atoms with Gasteiger partial charge in [0.1, 0.15) is 0 Å². The Bertz CT molecular complexity index is 2270. The molecule has 0 atom stereocenters. The summed E-state index contributed by atoms with van der Waals surface area (Å²) in [6, 6.07) is 61.1. The van der Waals surface area contributed by atoms with Gasteiger partial charge in [0.25, 0.3) is 0 Å². The molecule has 0 aromatic heterocycles. The van der Waals surface area contributed by atoms with Gasteiger partial charge in [0.2, 0.25) is 0 Å². The van der Waals surface area contributed by atoms with Gasteiger partial charge in [0.05, 0.1) is 11.4 Å². The average Bonchev–Trinajstić information content (AvgIpc) is 3.75. The SMILES string of the molecule is c1ccc(-c2ccc(N(c3ccccc3)c3ccc(-c4cccc5c4Cc4cccc(C6=Nc7ccccc7C6)c4-5)cc3)cc2)cc1. The predicted octanol–water partition coefficient (Wildman–Crippen LogP) is 11.7. The Balaban J connectivity index is 1.06. The van der Waals surface area contributed by atoms with Gasteiger partial charge in [-0.05, 0) is 99.0 Å². The topological polar surface area (TPSA) is 15.6 Å². The summed E-state index contributed by atoms with van der Waals surface area (Å²) in [7, 11) is 0. The minimum absolute atomic E-state index is 0.885. The van der Waals surface area contributed by atoms with E-state index in [-0.39, 0.29) is 0 Å². The van der Waals surface area contributed by atoms with Crippen molar-refractivity contribution in [3.05, 3.63) is 192 Å². The van der Waals surface area contributed by atoms with Gasteiger partial charge in [0.15, 0.2) is 0 Å². The third kappa shape index (κ3) is 4.86. The lowest BCUT2D eigenvalue weighted by atomic mass is 9.92. The van der Waals surface area contributed by atoms with E-state index in [0.29, 0.717) is 0 Å². The lowest BCUT2D eigenvalue weighted by Gasteiger charge is -2.26. The number of nitrogens with zero attached hydrogens (tertiary/aromatic N) is 2. The summed E-state index contributed by atoms with van der Waals surface area (Å²) in [6.07, 6.45) is 1.82. The highest BCUT2D eigenvalue weighted by atomic mass is 15.1. The van der Waals surface area contributed by atoms with Gasteiger partial charge in [-0.1, -0.05) is 127 Å². The number of hydrogen-bond acceptors (Lipinski definition) is 2. The second-order valence-electron chi connectivity index (χ2n) is 12.3. The number of para-hydroxylation sites is 2. The van der Waals surface area contributed by atoms with Crippen LogP contribution in [-0.4, -0.2) is 5.71 Å². The normalized spacial score (nSPS) is 12.6. The third-order valence-corrected chi connectivity index (χ3v) is 9.56. The molecule has 9 rings (SSSR count). The van der Waals surface area contributed by atoms with Crippen molar-refractivity contribution in [1.82, 2.24) is 0 Å². The van der Waals surface area contributed by atoms with Gasteiger partial charge >= 0.3 is 0 Å². The Morgan fingerprint density at radius 2 is 0.936 bits per heavy atom. The molecule has 222 valence electrons. The van der Waals surface area contributed by atoms with E-state index in [9.17, 15) is 0 Å². The first-order valence-electron chi connectivity index (χ1n) is 16.3. The van der Waals surface area contributed by atoms with E-state index in [1.165, 1.54) is 61.3 Å². The van der Waals surface area contributed by atoms with Gasteiger partial charge in [0, 0.05) is 29.0 Å². The Morgan fingerprint density at radius 3 is 1.68 bits per heavy atom. The summed E-state index contributed by atoms with van der Waals surface area (Å²) in [6.45, 7) is 0. The molecule has 2 heteroatoms. The Hall–Kier alpha value is -5.99. The van der Waals surface area contributed by atoms with E-state index >= 15 is 0 Å². The van der Waals surface area contributed by atoms with Gasteiger partial charge < -0.3 is 4.90 Å². The third-order valence-electron chi connectivity index (χ3n) is 9.56. The highest BCUT2D eigenvalue weighted by Crippen LogP contribution is 2.45. The Morgan fingerprint density at radius 1 is 0.383 bits per heavy atom. The fourth-order valence-corrected chi connectivity index (χ4v) is 7.32. The van der Waals surface area contributed by atoms with Crippen molar-refractivity contribution < 1.29 is 0 Å². The van der Waals surface area contributed by atoms with Crippen molar-refractivity contribution in [2.45, 2.75) is 12.8 Å². The summed E-state index contributed by atoms with van der Waals surface area (Å²) in [5.41, 5.74) is 18.7. The van der Waals surface area contributed by atoms with E-state index < -0.39 is 0 Å². The number of anilines is 3. The average molecular weight is 601 g/mol. The molecule has 0 unspecified atom stereocenters. The Labute approximate surface area is 276 Å². The van der Waals surface area contributed by atoms with E-state index in [0.717, 1.165) is 35.6 Å². The monoisotopic (exact) mass is 600 g/mol. The van der Waals surface area contributed by atoms with Gasteiger partial charge in [-0.15, -0.1) is 0 Å². The van der Waals surface area contributed by atoms with Gasteiger partial charge in [-0.25, -0.2) is 0 Å². The highest BCUT2D eigenvalue weighted by Gasteiger charge is 2.27. The molecule has 2 nitrogen and oxygen atoms in total. The van der Waals surface area contributed by atoms with Crippen molar-refractivity contribution in [3.8, 4) is 33.4 Å². The maximum absolute atomic E-state index is 5.06. The lowest BCUT2D eigenvalue weighted by molar-refractivity contribution is 1.26. The zero-order chi connectivity index (χ0) is 31.2. The van der Waals surface area contributed by atoms with Crippen molar-refractivity contribution in [2.24, 2.45) is 4.99 Å². The summed E-state index contributed by atoms with van der Waals surface area (Å²) < 4.78 is 0. The second kappa shape index (κ2) is 11.4. The minimum Gasteiger partial charge on any atom is -0.311 e. The molecule has 0 fully saturated rings. The van der Waals surface area contributed by atoms with Crippen LogP contribution in [0.3, 0.4) is 0 Å². The molecular formula is C45H32N2. The number of hydrogen-bond donors (Lipinski definition) is 0.